The standard InChI is InChI=1S/C16H24FN3O2S/c1-3-18-16(19-10-14-7-8-23(21,22)12-14)20(2)11-13-5-4-6-15(17)9-13/h4-6,9,14H,3,7-8,10-12H2,1-2H3,(H,18,19). The number of rotatable bonds is 5. The second kappa shape index (κ2) is 7.77. The predicted molar refractivity (Wildman–Crippen MR) is 90.6 cm³/mol. The van der Waals surface area contributed by atoms with Crippen LogP contribution in [0.2, 0.25) is 0 Å². The number of aliphatic imine (C=N–C) groups is 1. The van der Waals surface area contributed by atoms with Crippen molar-refractivity contribution in [2.24, 2.45) is 10.9 Å². The highest BCUT2D eigenvalue weighted by Crippen LogP contribution is 2.18. The highest BCUT2D eigenvalue weighted by molar-refractivity contribution is 7.91. The minimum Gasteiger partial charge on any atom is -0.357 e. The summed E-state index contributed by atoms with van der Waals surface area (Å²) in [5.74, 6) is 1.04. The van der Waals surface area contributed by atoms with Crippen molar-refractivity contribution >= 4 is 15.8 Å². The number of guanidine groups is 1. The summed E-state index contributed by atoms with van der Waals surface area (Å²) in [6, 6.07) is 6.48. The van der Waals surface area contributed by atoms with E-state index in [0.717, 1.165) is 12.1 Å². The summed E-state index contributed by atoms with van der Waals surface area (Å²) in [7, 11) is -0.987. The average Bonchev–Trinajstić information content (AvgIpc) is 2.82. The van der Waals surface area contributed by atoms with Crippen LogP contribution in [0.5, 0.6) is 0 Å². The molecule has 23 heavy (non-hydrogen) atoms. The van der Waals surface area contributed by atoms with E-state index in [1.165, 1.54) is 12.1 Å². The molecule has 1 aliphatic rings. The fourth-order valence-corrected chi connectivity index (χ4v) is 4.53. The Labute approximate surface area is 137 Å². The lowest BCUT2D eigenvalue weighted by Gasteiger charge is -2.22. The maximum atomic E-state index is 13.3. The summed E-state index contributed by atoms with van der Waals surface area (Å²) < 4.78 is 36.3. The summed E-state index contributed by atoms with van der Waals surface area (Å²) in [5.41, 5.74) is 0.863. The van der Waals surface area contributed by atoms with Gasteiger partial charge in [0.15, 0.2) is 15.8 Å². The van der Waals surface area contributed by atoms with E-state index in [1.807, 2.05) is 24.9 Å². The summed E-state index contributed by atoms with van der Waals surface area (Å²) in [6.45, 7) is 3.72. The van der Waals surface area contributed by atoms with Gasteiger partial charge in [-0.2, -0.15) is 0 Å². The van der Waals surface area contributed by atoms with Gasteiger partial charge in [0.05, 0.1) is 11.5 Å². The summed E-state index contributed by atoms with van der Waals surface area (Å²) in [6.07, 6.45) is 0.679. The third-order valence-corrected chi connectivity index (χ3v) is 5.67. The van der Waals surface area contributed by atoms with E-state index in [4.69, 9.17) is 0 Å². The molecule has 0 aromatic heterocycles. The van der Waals surface area contributed by atoms with Gasteiger partial charge in [-0.25, -0.2) is 12.8 Å². The number of nitrogens with one attached hydrogen (secondary N) is 1. The molecule has 1 fully saturated rings. The van der Waals surface area contributed by atoms with Crippen molar-refractivity contribution in [1.82, 2.24) is 10.2 Å². The summed E-state index contributed by atoms with van der Waals surface area (Å²) in [4.78, 5) is 6.47. The van der Waals surface area contributed by atoms with Crippen LogP contribution in [0.25, 0.3) is 0 Å². The van der Waals surface area contributed by atoms with Crippen LogP contribution < -0.4 is 5.32 Å². The fraction of sp³-hybridized carbons (Fsp3) is 0.562. The molecule has 0 bridgehead atoms. The zero-order valence-electron chi connectivity index (χ0n) is 13.6. The minimum absolute atomic E-state index is 0.0937. The van der Waals surface area contributed by atoms with Crippen molar-refractivity contribution in [2.75, 3.05) is 31.6 Å². The number of hydrogen-bond acceptors (Lipinski definition) is 3. The van der Waals surface area contributed by atoms with Crippen molar-refractivity contribution < 1.29 is 12.8 Å². The van der Waals surface area contributed by atoms with Crippen LogP contribution in [0.1, 0.15) is 18.9 Å². The van der Waals surface area contributed by atoms with Crippen LogP contribution in [0.3, 0.4) is 0 Å². The molecule has 1 unspecified atom stereocenters. The molecule has 0 aliphatic carbocycles. The summed E-state index contributed by atoms with van der Waals surface area (Å²) >= 11 is 0. The molecule has 0 radical (unpaired) electrons. The van der Waals surface area contributed by atoms with Crippen LogP contribution in [0, 0.1) is 11.7 Å². The third-order valence-electron chi connectivity index (χ3n) is 3.83. The van der Waals surface area contributed by atoms with Crippen molar-refractivity contribution in [2.45, 2.75) is 19.9 Å². The van der Waals surface area contributed by atoms with Crippen LogP contribution in [0.15, 0.2) is 29.3 Å². The van der Waals surface area contributed by atoms with Crippen molar-refractivity contribution in [1.29, 1.82) is 0 Å². The Hall–Kier alpha value is -1.63. The monoisotopic (exact) mass is 341 g/mol. The molecule has 0 amide bonds. The predicted octanol–water partition coefficient (Wildman–Crippen LogP) is 1.66. The normalized spacial score (nSPS) is 20.5. The molecule has 1 heterocycles. The van der Waals surface area contributed by atoms with Gasteiger partial charge < -0.3 is 10.2 Å². The van der Waals surface area contributed by atoms with Gasteiger partial charge in [0.1, 0.15) is 5.82 Å². The first-order chi connectivity index (χ1) is 10.9. The average molecular weight is 341 g/mol. The Kier molecular flexibility index (Phi) is 5.98. The van der Waals surface area contributed by atoms with Gasteiger partial charge in [0.2, 0.25) is 0 Å². The summed E-state index contributed by atoms with van der Waals surface area (Å²) in [5, 5.41) is 3.19. The first-order valence-electron chi connectivity index (χ1n) is 7.84. The number of hydrogen-bond donors (Lipinski definition) is 1. The topological polar surface area (TPSA) is 61.8 Å². The van der Waals surface area contributed by atoms with E-state index < -0.39 is 9.84 Å². The maximum Gasteiger partial charge on any atom is 0.193 e. The van der Waals surface area contributed by atoms with Gasteiger partial charge in [0.25, 0.3) is 0 Å². The van der Waals surface area contributed by atoms with Crippen LogP contribution in [0.4, 0.5) is 4.39 Å². The Morgan fingerprint density at radius 2 is 2.26 bits per heavy atom. The number of benzene rings is 1. The molecule has 1 aromatic rings. The van der Waals surface area contributed by atoms with Gasteiger partial charge in [-0.15, -0.1) is 0 Å². The van der Waals surface area contributed by atoms with E-state index in [-0.39, 0.29) is 23.2 Å². The fourth-order valence-electron chi connectivity index (χ4n) is 2.69. The van der Waals surface area contributed by atoms with Gasteiger partial charge in [-0.05, 0) is 37.0 Å². The molecule has 7 heteroatoms. The van der Waals surface area contributed by atoms with Crippen molar-refractivity contribution in [3.63, 3.8) is 0 Å². The third kappa shape index (κ3) is 5.49. The molecule has 1 saturated heterocycles. The Balaban J connectivity index is 2.00. The van der Waals surface area contributed by atoms with Crippen LogP contribution in [-0.4, -0.2) is 50.9 Å². The molecule has 5 nitrogen and oxygen atoms in total. The van der Waals surface area contributed by atoms with Crippen LogP contribution >= 0.6 is 0 Å². The van der Waals surface area contributed by atoms with E-state index in [1.54, 1.807) is 6.07 Å². The highest BCUT2D eigenvalue weighted by atomic mass is 32.2. The van der Waals surface area contributed by atoms with Crippen LogP contribution in [-0.2, 0) is 16.4 Å². The second-order valence-electron chi connectivity index (χ2n) is 5.95. The minimum atomic E-state index is -2.87. The van der Waals surface area contributed by atoms with Crippen molar-refractivity contribution in [3.05, 3.63) is 35.6 Å². The smallest absolute Gasteiger partial charge is 0.193 e. The molecule has 1 atom stereocenters. The molecule has 1 N–H and O–H groups in total. The molecule has 128 valence electrons. The zero-order valence-corrected chi connectivity index (χ0v) is 14.4. The molecular formula is C16H24FN3O2S. The van der Waals surface area contributed by atoms with E-state index in [2.05, 4.69) is 10.3 Å². The Morgan fingerprint density at radius 3 is 2.87 bits per heavy atom. The first-order valence-corrected chi connectivity index (χ1v) is 9.66. The van der Waals surface area contributed by atoms with Crippen molar-refractivity contribution in [3.8, 4) is 0 Å². The quantitative estimate of drug-likeness (QED) is 0.654. The van der Waals surface area contributed by atoms with Gasteiger partial charge in [-0.1, -0.05) is 12.1 Å². The lowest BCUT2D eigenvalue weighted by molar-refractivity contribution is 0.470. The second-order valence-corrected chi connectivity index (χ2v) is 8.18. The van der Waals surface area contributed by atoms with Gasteiger partial charge in [0, 0.05) is 26.7 Å². The Bertz CT molecular complexity index is 661. The number of halogens is 1. The molecule has 1 aliphatic heterocycles. The van der Waals surface area contributed by atoms with E-state index in [9.17, 15) is 12.8 Å². The highest BCUT2D eigenvalue weighted by Gasteiger charge is 2.27. The molecule has 0 saturated carbocycles. The molecular weight excluding hydrogens is 317 g/mol. The molecule has 2 rings (SSSR count). The number of nitrogens with zero attached hydrogens (tertiary/aromatic N) is 2. The molecule has 1 aromatic carbocycles. The van der Waals surface area contributed by atoms with E-state index >= 15 is 0 Å². The van der Waals surface area contributed by atoms with Gasteiger partial charge in [-0.3, -0.25) is 4.99 Å². The zero-order chi connectivity index (χ0) is 16.9. The Morgan fingerprint density at radius 1 is 1.48 bits per heavy atom. The largest absolute Gasteiger partial charge is 0.357 e. The molecule has 0 spiro atoms. The lowest BCUT2D eigenvalue weighted by Crippen LogP contribution is -2.38. The maximum absolute atomic E-state index is 13.3. The van der Waals surface area contributed by atoms with Gasteiger partial charge >= 0.3 is 0 Å². The van der Waals surface area contributed by atoms with E-state index in [0.29, 0.717) is 25.5 Å². The number of sulfone groups is 1. The lowest BCUT2D eigenvalue weighted by atomic mass is 10.1. The SMILES string of the molecule is CCNC(=NCC1CCS(=O)(=O)C1)N(C)Cc1cccc(F)c1. The first kappa shape index (κ1) is 17.7.